The molecule has 0 saturated carbocycles. The molecule has 0 N–H and O–H groups in total. The van der Waals surface area contributed by atoms with Crippen LogP contribution in [0.5, 0.6) is 0 Å². The highest BCUT2D eigenvalue weighted by atomic mass is 32.1. The van der Waals surface area contributed by atoms with Crippen LogP contribution in [0.1, 0.15) is 28.8 Å². The number of hydrogen-bond acceptors (Lipinski definition) is 5. The van der Waals surface area contributed by atoms with Gasteiger partial charge in [-0.15, -0.1) is 22.7 Å². The fourth-order valence-electron chi connectivity index (χ4n) is 3.96. The standard InChI is InChI=1S/C23H21N3OS2/c1-26(14-21-24-17-10-4-6-12-19(17)28-21)23(27)16-9-3-2-8-15(16)22-25-18-11-5-7-13-20(18)29-22/h2-7,10-13,15-16H,8-9,14H2,1H3. The molecule has 4 aromatic rings. The summed E-state index contributed by atoms with van der Waals surface area (Å²) in [4.78, 5) is 24.7. The molecule has 2 unspecified atom stereocenters. The molecule has 2 aromatic carbocycles. The molecule has 0 fully saturated rings. The van der Waals surface area contributed by atoms with Crippen molar-refractivity contribution in [3.8, 4) is 0 Å². The number of nitrogens with zero attached hydrogens (tertiary/aromatic N) is 3. The number of carbonyl (C=O) groups is 1. The second-order valence-electron chi connectivity index (χ2n) is 7.45. The van der Waals surface area contributed by atoms with E-state index in [0.717, 1.165) is 38.6 Å². The van der Waals surface area contributed by atoms with Gasteiger partial charge in [0.2, 0.25) is 5.91 Å². The number of hydrogen-bond donors (Lipinski definition) is 0. The van der Waals surface area contributed by atoms with Crippen LogP contribution in [0.3, 0.4) is 0 Å². The minimum atomic E-state index is -0.0695. The Bertz CT molecular complexity index is 1140. The summed E-state index contributed by atoms with van der Waals surface area (Å²) in [7, 11) is 1.89. The van der Waals surface area contributed by atoms with E-state index in [2.05, 4.69) is 29.3 Å². The quantitative estimate of drug-likeness (QED) is 0.404. The Morgan fingerprint density at radius 1 is 0.966 bits per heavy atom. The molecule has 2 heterocycles. The molecule has 1 amide bonds. The first-order chi connectivity index (χ1) is 14.2. The van der Waals surface area contributed by atoms with E-state index >= 15 is 0 Å². The van der Waals surface area contributed by atoms with Crippen LogP contribution in [-0.2, 0) is 11.3 Å². The van der Waals surface area contributed by atoms with Crippen LogP contribution in [0.25, 0.3) is 20.4 Å². The molecule has 1 aliphatic carbocycles. The SMILES string of the molecule is CN(Cc1nc2ccccc2s1)C(=O)C1CC=CCC1c1nc2ccccc2s1. The molecule has 2 aromatic heterocycles. The van der Waals surface area contributed by atoms with E-state index in [1.807, 2.05) is 48.3 Å². The molecule has 0 saturated heterocycles. The van der Waals surface area contributed by atoms with E-state index in [9.17, 15) is 4.79 Å². The predicted molar refractivity (Wildman–Crippen MR) is 120 cm³/mol. The van der Waals surface area contributed by atoms with E-state index in [1.54, 1.807) is 22.7 Å². The van der Waals surface area contributed by atoms with Gasteiger partial charge >= 0.3 is 0 Å². The largest absolute Gasteiger partial charge is 0.339 e. The molecule has 6 heteroatoms. The van der Waals surface area contributed by atoms with Crippen LogP contribution >= 0.6 is 22.7 Å². The van der Waals surface area contributed by atoms with Crippen molar-refractivity contribution in [2.24, 2.45) is 5.92 Å². The maximum absolute atomic E-state index is 13.4. The smallest absolute Gasteiger partial charge is 0.226 e. The summed E-state index contributed by atoms with van der Waals surface area (Å²) in [6.07, 6.45) is 5.96. The van der Waals surface area contributed by atoms with Crippen LogP contribution in [-0.4, -0.2) is 27.8 Å². The topological polar surface area (TPSA) is 46.1 Å². The van der Waals surface area contributed by atoms with E-state index < -0.39 is 0 Å². The molecule has 29 heavy (non-hydrogen) atoms. The molecule has 1 aliphatic rings. The van der Waals surface area contributed by atoms with Gasteiger partial charge in [-0.05, 0) is 37.1 Å². The zero-order valence-corrected chi connectivity index (χ0v) is 17.7. The van der Waals surface area contributed by atoms with Crippen molar-refractivity contribution in [3.05, 3.63) is 70.7 Å². The number of rotatable bonds is 4. The van der Waals surface area contributed by atoms with Gasteiger partial charge in [-0.1, -0.05) is 36.4 Å². The van der Waals surface area contributed by atoms with Gasteiger partial charge in [0, 0.05) is 13.0 Å². The lowest BCUT2D eigenvalue weighted by Gasteiger charge is -2.29. The van der Waals surface area contributed by atoms with E-state index in [1.165, 1.54) is 4.70 Å². The minimum Gasteiger partial charge on any atom is -0.339 e. The van der Waals surface area contributed by atoms with Gasteiger partial charge < -0.3 is 4.90 Å². The Morgan fingerprint density at radius 3 is 2.34 bits per heavy atom. The Kier molecular flexibility index (Phi) is 4.89. The fourth-order valence-corrected chi connectivity index (χ4v) is 6.13. The number of aromatic nitrogens is 2. The number of carbonyl (C=O) groups excluding carboxylic acids is 1. The normalized spacial score (nSPS) is 19.1. The number of allylic oxidation sites excluding steroid dienone is 2. The predicted octanol–water partition coefficient (Wildman–Crippen LogP) is 5.61. The van der Waals surface area contributed by atoms with Gasteiger partial charge in [0.25, 0.3) is 0 Å². The van der Waals surface area contributed by atoms with Crippen molar-refractivity contribution in [2.75, 3.05) is 7.05 Å². The van der Waals surface area contributed by atoms with Crippen molar-refractivity contribution < 1.29 is 4.79 Å². The van der Waals surface area contributed by atoms with Gasteiger partial charge in [-0.25, -0.2) is 9.97 Å². The number of fused-ring (bicyclic) bond motifs is 2. The van der Waals surface area contributed by atoms with Crippen LogP contribution < -0.4 is 0 Å². The van der Waals surface area contributed by atoms with Crippen molar-refractivity contribution in [1.82, 2.24) is 14.9 Å². The maximum Gasteiger partial charge on any atom is 0.226 e. The van der Waals surface area contributed by atoms with Crippen molar-refractivity contribution in [1.29, 1.82) is 0 Å². The summed E-state index contributed by atoms with van der Waals surface area (Å²) in [5.41, 5.74) is 2.03. The lowest BCUT2D eigenvalue weighted by Crippen LogP contribution is -2.36. The summed E-state index contributed by atoms with van der Waals surface area (Å²) in [6.45, 7) is 0.547. The fraction of sp³-hybridized carbons (Fsp3) is 0.261. The van der Waals surface area contributed by atoms with E-state index in [4.69, 9.17) is 4.98 Å². The van der Waals surface area contributed by atoms with Gasteiger partial charge in [-0.3, -0.25) is 4.79 Å². The van der Waals surface area contributed by atoms with Gasteiger partial charge in [0.05, 0.1) is 37.9 Å². The Hall–Kier alpha value is -2.57. The number of para-hydroxylation sites is 2. The third kappa shape index (κ3) is 3.58. The average molecular weight is 420 g/mol. The van der Waals surface area contributed by atoms with Crippen molar-refractivity contribution in [3.63, 3.8) is 0 Å². The highest BCUT2D eigenvalue weighted by Gasteiger charge is 2.34. The molecule has 0 aliphatic heterocycles. The second-order valence-corrected chi connectivity index (χ2v) is 9.62. The lowest BCUT2D eigenvalue weighted by atomic mass is 9.82. The number of benzene rings is 2. The highest BCUT2D eigenvalue weighted by Crippen LogP contribution is 2.39. The molecule has 5 rings (SSSR count). The van der Waals surface area contributed by atoms with Crippen LogP contribution in [0, 0.1) is 5.92 Å². The first kappa shape index (κ1) is 18.5. The summed E-state index contributed by atoms with van der Waals surface area (Å²) in [6, 6.07) is 16.3. The first-order valence-corrected chi connectivity index (χ1v) is 11.4. The lowest BCUT2D eigenvalue weighted by molar-refractivity contribution is -0.135. The van der Waals surface area contributed by atoms with Crippen molar-refractivity contribution in [2.45, 2.75) is 25.3 Å². The molecule has 2 atom stereocenters. The molecular weight excluding hydrogens is 398 g/mol. The summed E-state index contributed by atoms with van der Waals surface area (Å²) >= 11 is 3.38. The van der Waals surface area contributed by atoms with Crippen molar-refractivity contribution >= 4 is 49.0 Å². The second kappa shape index (κ2) is 7.69. The molecule has 0 spiro atoms. The molecule has 0 radical (unpaired) electrons. The molecule has 0 bridgehead atoms. The highest BCUT2D eigenvalue weighted by molar-refractivity contribution is 7.18. The molecular formula is C23H21N3OS2. The Morgan fingerprint density at radius 2 is 1.62 bits per heavy atom. The van der Waals surface area contributed by atoms with E-state index in [-0.39, 0.29) is 17.7 Å². The minimum absolute atomic E-state index is 0.0695. The molecule has 4 nitrogen and oxygen atoms in total. The number of thiazole rings is 2. The summed E-state index contributed by atoms with van der Waals surface area (Å²) in [5.74, 6) is 0.250. The summed E-state index contributed by atoms with van der Waals surface area (Å²) < 4.78 is 2.35. The van der Waals surface area contributed by atoms with Crippen LogP contribution in [0.15, 0.2) is 60.7 Å². The Labute approximate surface area is 177 Å². The van der Waals surface area contributed by atoms with Gasteiger partial charge in [0.15, 0.2) is 0 Å². The van der Waals surface area contributed by atoms with Crippen LogP contribution in [0.4, 0.5) is 0 Å². The maximum atomic E-state index is 13.4. The van der Waals surface area contributed by atoms with E-state index in [0.29, 0.717) is 6.54 Å². The zero-order valence-electron chi connectivity index (χ0n) is 16.1. The molecule has 146 valence electrons. The first-order valence-electron chi connectivity index (χ1n) is 9.79. The third-order valence-electron chi connectivity index (χ3n) is 5.46. The average Bonchev–Trinajstić information content (AvgIpc) is 3.36. The summed E-state index contributed by atoms with van der Waals surface area (Å²) in [5, 5.41) is 2.05. The monoisotopic (exact) mass is 419 g/mol. The van der Waals surface area contributed by atoms with Gasteiger partial charge in [-0.2, -0.15) is 0 Å². The third-order valence-corrected chi connectivity index (χ3v) is 7.65. The van der Waals surface area contributed by atoms with Gasteiger partial charge in [0.1, 0.15) is 5.01 Å². The zero-order chi connectivity index (χ0) is 19.8. The number of amides is 1. The van der Waals surface area contributed by atoms with Crippen LogP contribution in [0.2, 0.25) is 0 Å². The Balaban J connectivity index is 1.38.